The van der Waals surface area contributed by atoms with E-state index < -0.39 is 21.9 Å². The Kier molecular flexibility index (Phi) is 11.5. The number of hydrogen-bond acceptors (Lipinski definition) is 4. The molecule has 0 aliphatic rings. The zero-order chi connectivity index (χ0) is 29.1. The Balaban J connectivity index is 1.88. The third-order valence-corrected chi connectivity index (χ3v) is 7.75. The highest BCUT2D eigenvalue weighted by atomic mass is 35.5. The molecule has 0 heterocycles. The summed E-state index contributed by atoms with van der Waals surface area (Å²) in [6.45, 7) is 2.46. The van der Waals surface area contributed by atoms with Crippen molar-refractivity contribution in [2.75, 3.05) is 23.7 Å². The van der Waals surface area contributed by atoms with Crippen molar-refractivity contribution in [3.8, 4) is 0 Å². The van der Waals surface area contributed by atoms with Gasteiger partial charge in [-0.3, -0.25) is 13.9 Å². The highest BCUT2D eigenvalue weighted by Gasteiger charge is 2.30. The highest BCUT2D eigenvalue weighted by Crippen LogP contribution is 2.23. The number of carbonyl (C=O) groups excluding carboxylic acids is 2. The predicted octanol–water partition coefficient (Wildman–Crippen LogP) is 5.19. The highest BCUT2D eigenvalue weighted by molar-refractivity contribution is 7.92. The quantitative estimate of drug-likeness (QED) is 0.281. The van der Waals surface area contributed by atoms with E-state index in [1.165, 1.54) is 23.1 Å². The third-order valence-electron chi connectivity index (χ3n) is 6.34. The van der Waals surface area contributed by atoms with Crippen molar-refractivity contribution in [1.29, 1.82) is 0 Å². The number of halogens is 2. The van der Waals surface area contributed by atoms with Gasteiger partial charge < -0.3 is 10.2 Å². The van der Waals surface area contributed by atoms with Crippen LogP contribution < -0.4 is 9.62 Å². The van der Waals surface area contributed by atoms with Gasteiger partial charge in [0.1, 0.15) is 11.9 Å². The minimum absolute atomic E-state index is 0.0482. The number of nitrogens with zero attached hydrogens (tertiary/aromatic N) is 2. The van der Waals surface area contributed by atoms with Crippen molar-refractivity contribution in [2.45, 2.75) is 45.2 Å². The van der Waals surface area contributed by atoms with Gasteiger partial charge in [-0.1, -0.05) is 73.1 Å². The Hall–Kier alpha value is -3.43. The molecule has 3 rings (SSSR count). The maximum absolute atomic E-state index is 14.4. The maximum Gasteiger partial charge on any atom is 0.243 e. The van der Waals surface area contributed by atoms with Gasteiger partial charge in [0.25, 0.3) is 0 Å². The van der Waals surface area contributed by atoms with Crippen molar-refractivity contribution >= 4 is 39.1 Å². The first-order chi connectivity index (χ1) is 19.1. The van der Waals surface area contributed by atoms with Crippen LogP contribution >= 0.6 is 11.6 Å². The van der Waals surface area contributed by atoms with Crippen LogP contribution in [0, 0.1) is 5.82 Å². The fraction of sp³-hybridized carbons (Fsp3) is 0.333. The normalized spacial score (nSPS) is 12.0. The molecule has 0 saturated heterocycles. The van der Waals surface area contributed by atoms with E-state index in [2.05, 4.69) is 5.32 Å². The zero-order valence-corrected chi connectivity index (χ0v) is 24.3. The average Bonchev–Trinajstić information content (AvgIpc) is 2.92. The van der Waals surface area contributed by atoms with E-state index in [0.717, 1.165) is 28.1 Å². The number of amides is 2. The molecule has 1 atom stereocenters. The van der Waals surface area contributed by atoms with Crippen molar-refractivity contribution in [3.05, 3.63) is 101 Å². The first-order valence-electron chi connectivity index (χ1n) is 13.2. The molecule has 7 nitrogen and oxygen atoms in total. The second-order valence-electron chi connectivity index (χ2n) is 9.54. The lowest BCUT2D eigenvalue weighted by Gasteiger charge is -2.32. The van der Waals surface area contributed by atoms with Gasteiger partial charge >= 0.3 is 0 Å². The zero-order valence-electron chi connectivity index (χ0n) is 22.7. The molecule has 0 aliphatic carbocycles. The Labute approximate surface area is 241 Å². The maximum atomic E-state index is 14.4. The van der Waals surface area contributed by atoms with E-state index >= 15 is 0 Å². The minimum Gasteiger partial charge on any atom is -0.354 e. The molecule has 10 heteroatoms. The van der Waals surface area contributed by atoms with Crippen LogP contribution in [0.15, 0.2) is 78.9 Å². The lowest BCUT2D eigenvalue weighted by molar-refractivity contribution is -0.141. The van der Waals surface area contributed by atoms with Crippen LogP contribution in [0.5, 0.6) is 0 Å². The summed E-state index contributed by atoms with van der Waals surface area (Å²) < 4.78 is 40.3. The fourth-order valence-corrected chi connectivity index (χ4v) is 5.57. The molecule has 1 unspecified atom stereocenters. The predicted molar refractivity (Wildman–Crippen MR) is 157 cm³/mol. The summed E-state index contributed by atoms with van der Waals surface area (Å²) in [5, 5.41) is 3.43. The number of carbonyl (C=O) groups is 2. The van der Waals surface area contributed by atoms with E-state index in [1.54, 1.807) is 24.3 Å². The summed E-state index contributed by atoms with van der Waals surface area (Å²) in [4.78, 5) is 28.7. The molecule has 2 amide bonds. The van der Waals surface area contributed by atoms with E-state index in [4.69, 9.17) is 11.6 Å². The summed E-state index contributed by atoms with van der Waals surface area (Å²) in [7, 11) is -3.80. The summed E-state index contributed by atoms with van der Waals surface area (Å²) in [5.41, 5.74) is 1.58. The molecule has 40 heavy (non-hydrogen) atoms. The van der Waals surface area contributed by atoms with E-state index in [0.29, 0.717) is 18.0 Å². The van der Waals surface area contributed by atoms with Crippen LogP contribution in [0.1, 0.15) is 37.3 Å². The molecule has 0 aliphatic heterocycles. The minimum atomic E-state index is -3.80. The average molecular weight is 588 g/mol. The van der Waals surface area contributed by atoms with Crippen LogP contribution in [0.25, 0.3) is 0 Å². The third kappa shape index (κ3) is 9.06. The number of benzene rings is 3. The first kappa shape index (κ1) is 31.1. The van der Waals surface area contributed by atoms with Gasteiger partial charge in [-0.25, -0.2) is 12.8 Å². The molecular formula is C30H35ClFN3O4S. The summed E-state index contributed by atoms with van der Waals surface area (Å²) in [5.74, 6) is -1.27. The van der Waals surface area contributed by atoms with Gasteiger partial charge in [0.05, 0.1) is 11.9 Å². The molecule has 0 fully saturated rings. The molecule has 3 aromatic rings. The lowest BCUT2D eigenvalue weighted by atomic mass is 10.0. The van der Waals surface area contributed by atoms with Gasteiger partial charge in [-0.05, 0) is 48.2 Å². The number of rotatable bonds is 14. The van der Waals surface area contributed by atoms with Gasteiger partial charge in [-0.2, -0.15) is 0 Å². The molecule has 0 aromatic heterocycles. The number of nitrogens with one attached hydrogen (secondary N) is 1. The smallest absolute Gasteiger partial charge is 0.243 e. The van der Waals surface area contributed by atoms with Crippen LogP contribution in [0.4, 0.5) is 10.1 Å². The second kappa shape index (κ2) is 14.8. The van der Waals surface area contributed by atoms with E-state index in [-0.39, 0.29) is 43.4 Å². The van der Waals surface area contributed by atoms with E-state index in [9.17, 15) is 22.4 Å². The molecule has 1 N–H and O–H groups in total. The molecule has 0 bridgehead atoms. The number of para-hydroxylation sites is 1. The topological polar surface area (TPSA) is 86.8 Å². The monoisotopic (exact) mass is 587 g/mol. The number of sulfonamides is 1. The van der Waals surface area contributed by atoms with Gasteiger partial charge in [0.15, 0.2) is 0 Å². The van der Waals surface area contributed by atoms with Crippen molar-refractivity contribution in [2.24, 2.45) is 0 Å². The molecular weight excluding hydrogens is 553 g/mol. The first-order valence-corrected chi connectivity index (χ1v) is 15.4. The fourth-order valence-electron chi connectivity index (χ4n) is 4.39. The van der Waals surface area contributed by atoms with Crippen LogP contribution in [0.3, 0.4) is 0 Å². The van der Waals surface area contributed by atoms with Crippen molar-refractivity contribution in [1.82, 2.24) is 10.2 Å². The molecule has 0 spiro atoms. The molecule has 3 aromatic carbocycles. The Morgan fingerprint density at radius 1 is 0.975 bits per heavy atom. The van der Waals surface area contributed by atoms with Crippen molar-refractivity contribution in [3.63, 3.8) is 0 Å². The second-order valence-corrected chi connectivity index (χ2v) is 11.9. The van der Waals surface area contributed by atoms with Crippen LogP contribution in [-0.2, 0) is 32.6 Å². The number of hydrogen-bond donors (Lipinski definition) is 1. The Bertz CT molecular complexity index is 1390. The molecule has 0 radical (unpaired) electrons. The standard InChI is InChI=1S/C30H35ClFN3O4S/c1-3-18-33-30(37)28(21-23-11-5-4-6-12-23)34(22-24-13-9-14-25(31)20-24)29(36)17-10-19-35(40(2,38)39)27-16-8-7-15-26(27)32/h4-9,11-16,20,28H,3,10,17-19,21-22H2,1-2H3,(H,33,37). The summed E-state index contributed by atoms with van der Waals surface area (Å²) >= 11 is 6.20. The van der Waals surface area contributed by atoms with Gasteiger partial charge in [0.2, 0.25) is 21.8 Å². The van der Waals surface area contributed by atoms with E-state index in [1.807, 2.05) is 43.3 Å². The number of anilines is 1. The SMILES string of the molecule is CCCNC(=O)C(Cc1ccccc1)N(Cc1cccc(Cl)c1)C(=O)CCCN(c1ccccc1F)S(C)(=O)=O. The Morgan fingerprint density at radius 2 is 1.65 bits per heavy atom. The van der Waals surface area contributed by atoms with Crippen LogP contribution in [-0.4, -0.2) is 50.5 Å². The van der Waals surface area contributed by atoms with Crippen molar-refractivity contribution < 1.29 is 22.4 Å². The lowest BCUT2D eigenvalue weighted by Crippen LogP contribution is -2.50. The molecule has 214 valence electrons. The Morgan fingerprint density at radius 3 is 2.30 bits per heavy atom. The van der Waals surface area contributed by atoms with Gasteiger partial charge in [-0.15, -0.1) is 0 Å². The summed E-state index contributed by atoms with van der Waals surface area (Å²) in [6, 6.07) is 21.3. The molecule has 0 saturated carbocycles. The van der Waals surface area contributed by atoms with Gasteiger partial charge in [0, 0.05) is 37.5 Å². The largest absolute Gasteiger partial charge is 0.354 e. The van der Waals surface area contributed by atoms with Crippen LogP contribution in [0.2, 0.25) is 5.02 Å². The summed E-state index contributed by atoms with van der Waals surface area (Å²) in [6.07, 6.45) is 2.12.